The Kier molecular flexibility index (Phi) is 33.0. The fourth-order valence-electron chi connectivity index (χ4n) is 19.1. The van der Waals surface area contributed by atoms with E-state index in [9.17, 15) is 4.79 Å². The molecule has 3 nitrogen and oxygen atoms in total. The van der Waals surface area contributed by atoms with Gasteiger partial charge in [0, 0.05) is 18.7 Å². The summed E-state index contributed by atoms with van der Waals surface area (Å²) < 4.78 is 0. The molecule has 0 unspecified atom stereocenters. The van der Waals surface area contributed by atoms with Crippen molar-refractivity contribution in [3.8, 4) is 0 Å². The standard InChI is InChI=1S/C22H38N2O.4C12H22.C6H12/c1-22(2,19-11-7-4-8-12-19)15-16-24-21(25)14-13-20(23-24)17-18-9-5-3-6-10-18;4*1-3-7-11(8-4-1)12-9-5-2-6-10-12;1-2-4-6-5-3-1/h18-19H,3-17H2,1-2H3;4*11-12H,1-10H2;1-6H2. The third-order valence-electron chi connectivity index (χ3n) is 24.5. The number of amides is 1. The van der Waals surface area contributed by atoms with Gasteiger partial charge in [-0.05, 0) is 96.7 Å². The van der Waals surface area contributed by atoms with Crippen molar-refractivity contribution in [3.05, 3.63) is 0 Å². The number of rotatable bonds is 10. The van der Waals surface area contributed by atoms with Gasteiger partial charge in [-0.25, -0.2) is 5.01 Å². The fourth-order valence-corrected chi connectivity index (χ4v) is 19.1. The summed E-state index contributed by atoms with van der Waals surface area (Å²) in [7, 11) is 0. The fraction of sp³-hybridized carbons (Fsp3) is 0.974. The van der Waals surface area contributed by atoms with Gasteiger partial charge in [0.2, 0.25) is 5.91 Å². The molecular formula is C76H138N2O. The molecule has 0 saturated heterocycles. The molecule has 0 N–H and O–H groups in total. The Bertz CT molecular complexity index is 1300. The molecule has 0 aromatic carbocycles. The number of nitrogens with zero attached hydrogens (tertiary/aromatic N) is 2. The summed E-state index contributed by atoms with van der Waals surface area (Å²) in [5.74, 6) is 11.0. The smallest absolute Gasteiger partial charge is 0.243 e. The van der Waals surface area contributed by atoms with Gasteiger partial charge >= 0.3 is 0 Å². The van der Waals surface area contributed by atoms with Crippen molar-refractivity contribution in [1.29, 1.82) is 0 Å². The first kappa shape index (κ1) is 65.7. The van der Waals surface area contributed by atoms with E-state index < -0.39 is 0 Å². The van der Waals surface area contributed by atoms with E-state index >= 15 is 0 Å². The van der Waals surface area contributed by atoms with Crippen LogP contribution < -0.4 is 0 Å². The van der Waals surface area contributed by atoms with E-state index in [1.54, 1.807) is 103 Å². The van der Waals surface area contributed by atoms with Crippen LogP contribution in [0.3, 0.4) is 0 Å². The van der Waals surface area contributed by atoms with Crippen molar-refractivity contribution in [2.24, 2.45) is 69.7 Å². The third-order valence-corrected chi connectivity index (χ3v) is 24.5. The van der Waals surface area contributed by atoms with Crippen LogP contribution in [0.2, 0.25) is 0 Å². The molecule has 1 amide bonds. The maximum absolute atomic E-state index is 12.3. The first-order valence-corrected chi connectivity index (χ1v) is 37.8. The van der Waals surface area contributed by atoms with Gasteiger partial charge in [-0.15, -0.1) is 0 Å². The number of hydrogen-bond acceptors (Lipinski definition) is 2. The Hall–Kier alpha value is -0.860. The van der Waals surface area contributed by atoms with Crippen molar-refractivity contribution in [2.45, 2.75) is 399 Å². The van der Waals surface area contributed by atoms with Gasteiger partial charge in [0.05, 0.1) is 0 Å². The van der Waals surface area contributed by atoms with Gasteiger partial charge in [-0.3, -0.25) is 4.79 Å². The van der Waals surface area contributed by atoms with Crippen LogP contribution in [0.25, 0.3) is 0 Å². The van der Waals surface area contributed by atoms with Crippen LogP contribution in [0.1, 0.15) is 399 Å². The van der Waals surface area contributed by atoms with Crippen molar-refractivity contribution in [3.63, 3.8) is 0 Å². The average Bonchev–Trinajstić information content (AvgIpc) is 3.55. The molecule has 0 aromatic heterocycles. The van der Waals surface area contributed by atoms with Crippen molar-refractivity contribution < 1.29 is 4.79 Å². The Balaban J connectivity index is 0.000000144. The van der Waals surface area contributed by atoms with Crippen LogP contribution in [0, 0.1) is 64.6 Å². The molecule has 0 spiro atoms. The molecule has 11 fully saturated rings. The predicted molar refractivity (Wildman–Crippen MR) is 345 cm³/mol. The minimum absolute atomic E-state index is 0.242. The molecule has 0 radical (unpaired) electrons. The summed E-state index contributed by atoms with van der Waals surface area (Å²) in [6.45, 7) is 5.63. The summed E-state index contributed by atoms with van der Waals surface area (Å²) in [5.41, 5.74) is 1.62. The lowest BCUT2D eigenvalue weighted by Gasteiger charge is -2.38. The van der Waals surface area contributed by atoms with Gasteiger partial charge in [-0.2, -0.15) is 5.10 Å². The zero-order chi connectivity index (χ0) is 54.8. The second-order valence-electron chi connectivity index (χ2n) is 30.8. The Morgan fingerprint density at radius 1 is 0.316 bits per heavy atom. The van der Waals surface area contributed by atoms with E-state index in [4.69, 9.17) is 5.10 Å². The minimum Gasteiger partial charge on any atom is -0.273 e. The van der Waals surface area contributed by atoms with E-state index in [0.717, 1.165) is 85.0 Å². The SMILES string of the molecule is C1CCC(C2CCCCC2)CC1.C1CCC(C2CCCCC2)CC1.C1CCC(C2CCCCC2)CC1.C1CCC(C2CCCCC2)CC1.C1CCCCC1.CC(C)(CCN1N=C(CC2CCCCC2)CCC1=O)C1CCCCC1. The lowest BCUT2D eigenvalue weighted by atomic mass is 9.69. The second-order valence-corrected chi connectivity index (χ2v) is 30.8. The van der Waals surface area contributed by atoms with Crippen molar-refractivity contribution in [2.75, 3.05) is 6.54 Å². The molecule has 1 heterocycles. The van der Waals surface area contributed by atoms with Gasteiger partial charge in [-0.1, -0.05) is 361 Å². The van der Waals surface area contributed by atoms with E-state index in [2.05, 4.69) is 13.8 Å². The molecule has 12 rings (SSSR count). The highest BCUT2D eigenvalue weighted by Gasteiger charge is 2.33. The number of carbonyl (C=O) groups excluding carboxylic acids is 1. The van der Waals surface area contributed by atoms with Gasteiger partial charge < -0.3 is 0 Å². The number of hydrogen-bond donors (Lipinski definition) is 0. The molecule has 12 aliphatic rings. The van der Waals surface area contributed by atoms with Crippen LogP contribution in [-0.4, -0.2) is 23.2 Å². The topological polar surface area (TPSA) is 32.7 Å². The average molecular weight is 1100 g/mol. The molecule has 458 valence electrons. The largest absolute Gasteiger partial charge is 0.273 e. The molecule has 0 bridgehead atoms. The van der Waals surface area contributed by atoms with E-state index in [1.165, 1.54) is 263 Å². The summed E-state index contributed by atoms with van der Waals surface area (Å²) in [4.78, 5) is 12.3. The lowest BCUT2D eigenvalue weighted by Crippen LogP contribution is -2.36. The lowest BCUT2D eigenvalue weighted by molar-refractivity contribution is -0.132. The monoisotopic (exact) mass is 1100 g/mol. The maximum Gasteiger partial charge on any atom is 0.243 e. The van der Waals surface area contributed by atoms with E-state index in [-0.39, 0.29) is 5.91 Å². The zero-order valence-corrected chi connectivity index (χ0v) is 53.7. The normalized spacial score (nSPS) is 27.2. The highest BCUT2D eigenvalue weighted by Crippen LogP contribution is 2.43. The van der Waals surface area contributed by atoms with Gasteiger partial charge in [0.1, 0.15) is 0 Å². The molecule has 0 atom stereocenters. The molecule has 11 saturated carbocycles. The minimum atomic E-state index is 0.242. The van der Waals surface area contributed by atoms with Crippen molar-refractivity contribution in [1.82, 2.24) is 5.01 Å². The first-order valence-electron chi connectivity index (χ1n) is 37.8. The zero-order valence-electron chi connectivity index (χ0n) is 53.7. The molecule has 1 aliphatic heterocycles. The summed E-state index contributed by atoms with van der Waals surface area (Å²) in [6, 6.07) is 0. The second kappa shape index (κ2) is 39.7. The summed E-state index contributed by atoms with van der Waals surface area (Å²) >= 11 is 0. The van der Waals surface area contributed by atoms with Crippen LogP contribution in [0.15, 0.2) is 5.10 Å². The van der Waals surface area contributed by atoms with Crippen LogP contribution in [0.5, 0.6) is 0 Å². The third kappa shape index (κ3) is 25.7. The Labute approximate surface area is 494 Å². The number of carbonyl (C=O) groups is 1. The predicted octanol–water partition coefficient (Wildman–Crippen LogP) is 24.9. The summed E-state index contributed by atoms with van der Waals surface area (Å²) in [6.07, 6.45) is 88.2. The Morgan fingerprint density at radius 2 is 0.544 bits per heavy atom. The maximum atomic E-state index is 12.3. The molecule has 11 aliphatic carbocycles. The Morgan fingerprint density at radius 3 is 0.810 bits per heavy atom. The van der Waals surface area contributed by atoms with Crippen LogP contribution >= 0.6 is 0 Å². The van der Waals surface area contributed by atoms with E-state index in [1.807, 2.05) is 5.01 Å². The van der Waals surface area contributed by atoms with Gasteiger partial charge in [0.15, 0.2) is 0 Å². The molecule has 3 heteroatoms. The van der Waals surface area contributed by atoms with E-state index in [0.29, 0.717) is 11.8 Å². The first-order chi connectivity index (χ1) is 38.9. The van der Waals surface area contributed by atoms with Gasteiger partial charge in [0.25, 0.3) is 0 Å². The van der Waals surface area contributed by atoms with Crippen molar-refractivity contribution >= 4 is 11.6 Å². The van der Waals surface area contributed by atoms with Crippen LogP contribution in [0.4, 0.5) is 0 Å². The highest BCUT2D eigenvalue weighted by atomic mass is 16.2. The quantitative estimate of drug-likeness (QED) is 0.215. The molecule has 79 heavy (non-hydrogen) atoms. The molecular weight excluding hydrogens is 957 g/mol. The highest BCUT2D eigenvalue weighted by molar-refractivity contribution is 5.92. The summed E-state index contributed by atoms with van der Waals surface area (Å²) in [5, 5.41) is 6.63. The van der Waals surface area contributed by atoms with Crippen LogP contribution in [-0.2, 0) is 4.79 Å². The molecule has 0 aromatic rings. The number of hydrazone groups is 1.